The monoisotopic (exact) mass is 418 g/mol. The van der Waals surface area contributed by atoms with E-state index in [9.17, 15) is 4.79 Å². The minimum Gasteiger partial charge on any atom is -0.485 e. The van der Waals surface area contributed by atoms with Crippen molar-refractivity contribution in [3.05, 3.63) is 90.0 Å². The van der Waals surface area contributed by atoms with Crippen molar-refractivity contribution in [3.63, 3.8) is 0 Å². The highest BCUT2D eigenvalue weighted by Gasteiger charge is 2.18. The molecule has 0 aliphatic heterocycles. The SMILES string of the molecule is Cc1ccccc1OCc1nnc(SCC(=O)c2cccn2C)n1-c1ccccc1. The van der Waals surface area contributed by atoms with Crippen LogP contribution in [0.4, 0.5) is 0 Å². The van der Waals surface area contributed by atoms with Crippen LogP contribution in [0.25, 0.3) is 5.69 Å². The van der Waals surface area contributed by atoms with E-state index in [2.05, 4.69) is 10.2 Å². The fourth-order valence-electron chi connectivity index (χ4n) is 3.14. The van der Waals surface area contributed by atoms with Crippen LogP contribution in [-0.4, -0.2) is 30.9 Å². The lowest BCUT2D eigenvalue weighted by Gasteiger charge is -2.12. The van der Waals surface area contributed by atoms with Crippen LogP contribution in [0, 0.1) is 6.92 Å². The summed E-state index contributed by atoms with van der Waals surface area (Å²) in [5.74, 6) is 1.82. The van der Waals surface area contributed by atoms with E-state index in [0.717, 1.165) is 17.0 Å². The van der Waals surface area contributed by atoms with Crippen molar-refractivity contribution in [2.24, 2.45) is 7.05 Å². The Bertz CT molecular complexity index is 1150. The first kappa shape index (κ1) is 20.0. The zero-order valence-electron chi connectivity index (χ0n) is 16.9. The maximum absolute atomic E-state index is 12.6. The van der Waals surface area contributed by atoms with Gasteiger partial charge in [-0.3, -0.25) is 9.36 Å². The van der Waals surface area contributed by atoms with Gasteiger partial charge in [0.25, 0.3) is 0 Å². The number of aryl methyl sites for hydroxylation is 2. The largest absolute Gasteiger partial charge is 0.485 e. The number of hydrogen-bond acceptors (Lipinski definition) is 5. The van der Waals surface area contributed by atoms with E-state index in [1.165, 1.54) is 11.8 Å². The quantitative estimate of drug-likeness (QED) is 0.312. The van der Waals surface area contributed by atoms with Crippen LogP contribution in [0.1, 0.15) is 21.9 Å². The number of ether oxygens (including phenoxy) is 1. The molecule has 4 rings (SSSR count). The first-order chi connectivity index (χ1) is 14.6. The first-order valence-electron chi connectivity index (χ1n) is 9.59. The number of carbonyl (C=O) groups excluding carboxylic acids is 1. The van der Waals surface area contributed by atoms with Gasteiger partial charge in [-0.05, 0) is 42.8 Å². The molecule has 7 heteroatoms. The molecule has 0 bridgehead atoms. The fourth-order valence-corrected chi connectivity index (χ4v) is 3.99. The Morgan fingerprint density at radius 2 is 1.77 bits per heavy atom. The van der Waals surface area contributed by atoms with Crippen LogP contribution >= 0.6 is 11.8 Å². The normalized spacial score (nSPS) is 10.9. The summed E-state index contributed by atoms with van der Waals surface area (Å²) in [5, 5.41) is 9.35. The van der Waals surface area contributed by atoms with Crippen molar-refractivity contribution in [3.8, 4) is 11.4 Å². The molecule has 0 unspecified atom stereocenters. The highest BCUT2D eigenvalue weighted by atomic mass is 32.2. The van der Waals surface area contributed by atoms with E-state index >= 15 is 0 Å². The molecule has 0 N–H and O–H groups in total. The predicted octanol–water partition coefficient (Wildman–Crippen LogP) is 4.47. The summed E-state index contributed by atoms with van der Waals surface area (Å²) < 4.78 is 9.77. The van der Waals surface area contributed by atoms with Crippen LogP contribution in [0.15, 0.2) is 78.1 Å². The Morgan fingerprint density at radius 1 is 1.00 bits per heavy atom. The van der Waals surface area contributed by atoms with Gasteiger partial charge in [0.05, 0.1) is 11.4 Å². The number of Topliss-reactive ketones (excluding diaryl/α,β-unsaturated/α-hetero) is 1. The Kier molecular flexibility index (Phi) is 5.99. The van der Waals surface area contributed by atoms with Crippen molar-refractivity contribution in [2.45, 2.75) is 18.7 Å². The molecule has 0 amide bonds. The van der Waals surface area contributed by atoms with Crippen LogP contribution in [0.5, 0.6) is 5.75 Å². The maximum atomic E-state index is 12.6. The Labute approximate surface area is 179 Å². The average molecular weight is 419 g/mol. The van der Waals surface area contributed by atoms with E-state index in [-0.39, 0.29) is 18.1 Å². The van der Waals surface area contributed by atoms with Gasteiger partial charge >= 0.3 is 0 Å². The zero-order chi connectivity index (χ0) is 20.9. The summed E-state index contributed by atoms with van der Waals surface area (Å²) in [4.78, 5) is 12.6. The summed E-state index contributed by atoms with van der Waals surface area (Å²) in [6.07, 6.45) is 1.87. The smallest absolute Gasteiger partial charge is 0.196 e. The average Bonchev–Trinajstić information content (AvgIpc) is 3.38. The number of aromatic nitrogens is 4. The molecule has 0 aliphatic rings. The molecule has 2 aromatic heterocycles. The van der Waals surface area contributed by atoms with Gasteiger partial charge in [0.15, 0.2) is 16.8 Å². The molecule has 0 atom stereocenters. The molecule has 152 valence electrons. The highest BCUT2D eigenvalue weighted by Crippen LogP contribution is 2.24. The Balaban J connectivity index is 1.57. The Morgan fingerprint density at radius 3 is 2.50 bits per heavy atom. The predicted molar refractivity (Wildman–Crippen MR) is 117 cm³/mol. The molecular weight excluding hydrogens is 396 g/mol. The molecule has 0 spiro atoms. The lowest BCUT2D eigenvalue weighted by Crippen LogP contribution is -2.10. The van der Waals surface area contributed by atoms with Crippen LogP contribution in [0.3, 0.4) is 0 Å². The van der Waals surface area contributed by atoms with Gasteiger partial charge < -0.3 is 9.30 Å². The summed E-state index contributed by atoms with van der Waals surface area (Å²) in [6.45, 7) is 2.28. The number of carbonyl (C=O) groups is 1. The molecular formula is C23H22N4O2S. The third-order valence-corrected chi connectivity index (χ3v) is 5.66. The molecule has 30 heavy (non-hydrogen) atoms. The van der Waals surface area contributed by atoms with E-state index < -0.39 is 0 Å². The number of thioether (sulfide) groups is 1. The number of benzene rings is 2. The second-order valence-corrected chi connectivity index (χ2v) is 7.78. The lowest BCUT2D eigenvalue weighted by atomic mass is 10.2. The number of hydrogen-bond donors (Lipinski definition) is 0. The summed E-state index contributed by atoms with van der Waals surface area (Å²) >= 11 is 1.37. The van der Waals surface area contributed by atoms with Gasteiger partial charge in [-0.25, -0.2) is 0 Å². The second kappa shape index (κ2) is 9.00. The van der Waals surface area contributed by atoms with Crippen molar-refractivity contribution in [1.82, 2.24) is 19.3 Å². The van der Waals surface area contributed by atoms with Crippen LogP contribution < -0.4 is 4.74 Å². The van der Waals surface area contributed by atoms with Crippen molar-refractivity contribution in [2.75, 3.05) is 5.75 Å². The molecule has 6 nitrogen and oxygen atoms in total. The van der Waals surface area contributed by atoms with E-state index in [1.807, 2.05) is 96.0 Å². The Hall–Kier alpha value is -3.32. The molecule has 0 aliphatic carbocycles. The van der Waals surface area contributed by atoms with Gasteiger partial charge in [-0.2, -0.15) is 0 Å². The third kappa shape index (κ3) is 4.31. The zero-order valence-corrected chi connectivity index (χ0v) is 17.7. The van der Waals surface area contributed by atoms with E-state index in [0.29, 0.717) is 16.7 Å². The number of rotatable bonds is 8. The molecule has 2 aromatic carbocycles. The van der Waals surface area contributed by atoms with Gasteiger partial charge in [0, 0.05) is 18.9 Å². The van der Waals surface area contributed by atoms with Gasteiger partial charge in [-0.1, -0.05) is 48.2 Å². The van der Waals surface area contributed by atoms with Crippen molar-refractivity contribution in [1.29, 1.82) is 0 Å². The van der Waals surface area contributed by atoms with Gasteiger partial charge in [-0.15, -0.1) is 10.2 Å². The van der Waals surface area contributed by atoms with E-state index in [1.54, 1.807) is 0 Å². The molecule has 0 saturated heterocycles. The second-order valence-electron chi connectivity index (χ2n) is 6.84. The number of para-hydroxylation sites is 2. The standard InChI is InChI=1S/C23H22N4O2S/c1-17-9-6-7-13-21(17)29-15-22-24-25-23(27(22)18-10-4-3-5-11-18)30-16-20(28)19-12-8-14-26(19)2/h3-14H,15-16H2,1-2H3. The molecule has 0 fully saturated rings. The highest BCUT2D eigenvalue weighted by molar-refractivity contribution is 7.99. The minimum atomic E-state index is 0.0489. The number of ketones is 1. The summed E-state index contributed by atoms with van der Waals surface area (Å²) in [7, 11) is 1.87. The van der Waals surface area contributed by atoms with Crippen molar-refractivity contribution < 1.29 is 9.53 Å². The minimum absolute atomic E-state index is 0.0489. The first-order valence-corrected chi connectivity index (χ1v) is 10.6. The molecule has 4 aromatic rings. The summed E-state index contributed by atoms with van der Waals surface area (Å²) in [6, 6.07) is 21.4. The summed E-state index contributed by atoms with van der Waals surface area (Å²) in [5.41, 5.74) is 2.67. The fraction of sp³-hybridized carbons (Fsp3) is 0.174. The van der Waals surface area contributed by atoms with Crippen LogP contribution in [0.2, 0.25) is 0 Å². The topological polar surface area (TPSA) is 61.9 Å². The molecule has 0 radical (unpaired) electrons. The van der Waals surface area contributed by atoms with Crippen LogP contribution in [-0.2, 0) is 13.7 Å². The van der Waals surface area contributed by atoms with Gasteiger partial charge in [0.1, 0.15) is 12.4 Å². The molecule has 0 saturated carbocycles. The third-order valence-electron chi connectivity index (χ3n) is 4.73. The number of nitrogens with zero attached hydrogens (tertiary/aromatic N) is 4. The maximum Gasteiger partial charge on any atom is 0.196 e. The lowest BCUT2D eigenvalue weighted by molar-refractivity contribution is 0.101. The molecule has 2 heterocycles. The van der Waals surface area contributed by atoms with Crippen molar-refractivity contribution >= 4 is 17.5 Å². The van der Waals surface area contributed by atoms with E-state index in [4.69, 9.17) is 4.74 Å². The van der Waals surface area contributed by atoms with Gasteiger partial charge in [0.2, 0.25) is 0 Å².